The minimum absolute atomic E-state index is 0.0726. The number of fused-ring (bicyclic) bond motifs is 1. The summed E-state index contributed by atoms with van der Waals surface area (Å²) >= 11 is 1.65. The first-order valence-corrected chi connectivity index (χ1v) is 8.15. The van der Waals surface area contributed by atoms with Gasteiger partial charge in [0.2, 0.25) is 0 Å². The van der Waals surface area contributed by atoms with E-state index in [0.29, 0.717) is 0 Å². The third-order valence-electron chi connectivity index (χ3n) is 2.43. The molecule has 0 aliphatic carbocycles. The standard InChI is InChI=1S/C10H9ClN2O2S2/c11-17(14,15)8-1-2-10-9(7-8)13(4-3-12)5-6-16-10/h1-2,7H,4-6H2. The second kappa shape index (κ2) is 4.77. The van der Waals surface area contributed by atoms with Gasteiger partial charge in [0.25, 0.3) is 9.05 Å². The highest BCUT2D eigenvalue weighted by molar-refractivity contribution is 8.13. The van der Waals surface area contributed by atoms with Crippen molar-refractivity contribution in [1.29, 1.82) is 5.26 Å². The monoisotopic (exact) mass is 288 g/mol. The molecule has 4 nitrogen and oxygen atoms in total. The minimum atomic E-state index is -3.72. The molecule has 1 aliphatic rings. The van der Waals surface area contributed by atoms with Crippen LogP contribution in [0, 0.1) is 11.3 Å². The van der Waals surface area contributed by atoms with E-state index in [-0.39, 0.29) is 11.4 Å². The molecule has 0 amide bonds. The third kappa shape index (κ3) is 2.68. The molecule has 0 spiro atoms. The van der Waals surface area contributed by atoms with Gasteiger partial charge in [-0.3, -0.25) is 0 Å². The summed E-state index contributed by atoms with van der Waals surface area (Å²) in [6, 6.07) is 6.82. The van der Waals surface area contributed by atoms with E-state index in [4.69, 9.17) is 15.9 Å². The van der Waals surface area contributed by atoms with E-state index in [9.17, 15) is 8.42 Å². The Balaban J connectivity index is 2.48. The lowest BCUT2D eigenvalue weighted by Crippen LogP contribution is -2.29. The van der Waals surface area contributed by atoms with Crippen LogP contribution in [-0.4, -0.2) is 27.3 Å². The zero-order chi connectivity index (χ0) is 12.5. The number of halogens is 1. The fourth-order valence-electron chi connectivity index (χ4n) is 1.65. The fourth-order valence-corrected chi connectivity index (χ4v) is 3.46. The predicted octanol–water partition coefficient (Wildman–Crippen LogP) is 2.05. The molecule has 0 fully saturated rings. The number of benzene rings is 1. The zero-order valence-corrected chi connectivity index (χ0v) is 11.1. The summed E-state index contributed by atoms with van der Waals surface area (Å²) < 4.78 is 22.5. The van der Waals surface area contributed by atoms with Crippen LogP contribution in [0.15, 0.2) is 28.0 Å². The zero-order valence-electron chi connectivity index (χ0n) is 8.76. The molecular formula is C10H9ClN2O2S2. The van der Waals surface area contributed by atoms with Crippen LogP contribution >= 0.6 is 22.4 Å². The van der Waals surface area contributed by atoms with Crippen LogP contribution in [0.25, 0.3) is 0 Å². The number of rotatable bonds is 2. The van der Waals surface area contributed by atoms with Crippen LogP contribution < -0.4 is 4.90 Å². The number of hydrogen-bond acceptors (Lipinski definition) is 5. The van der Waals surface area contributed by atoms with Crippen molar-refractivity contribution in [2.45, 2.75) is 9.79 Å². The van der Waals surface area contributed by atoms with Crippen LogP contribution in [0.3, 0.4) is 0 Å². The van der Waals surface area contributed by atoms with Crippen LogP contribution in [0.1, 0.15) is 0 Å². The summed E-state index contributed by atoms with van der Waals surface area (Å²) in [7, 11) is 1.59. The first kappa shape index (κ1) is 12.6. The second-order valence-corrected chi connectivity index (χ2v) is 7.20. The quantitative estimate of drug-likeness (QED) is 0.616. The summed E-state index contributed by atoms with van der Waals surface area (Å²) in [4.78, 5) is 2.91. The molecule has 1 heterocycles. The summed E-state index contributed by atoms with van der Waals surface area (Å²) in [6.45, 7) is 0.982. The van der Waals surface area contributed by atoms with Crippen molar-refractivity contribution in [3.8, 4) is 6.07 Å². The minimum Gasteiger partial charge on any atom is -0.356 e. The van der Waals surface area contributed by atoms with Gasteiger partial charge in [0, 0.05) is 27.9 Å². The molecule has 0 atom stereocenters. The molecule has 1 aliphatic heterocycles. The number of hydrogen-bond donors (Lipinski definition) is 0. The Morgan fingerprint density at radius 3 is 2.94 bits per heavy atom. The molecule has 90 valence electrons. The normalized spacial score (nSPS) is 15.2. The van der Waals surface area contributed by atoms with Crippen LogP contribution in [0.5, 0.6) is 0 Å². The van der Waals surface area contributed by atoms with E-state index in [1.807, 2.05) is 4.90 Å². The smallest absolute Gasteiger partial charge is 0.261 e. The highest BCUT2D eigenvalue weighted by Crippen LogP contribution is 2.36. The Kier molecular flexibility index (Phi) is 3.52. The van der Waals surface area contributed by atoms with E-state index in [2.05, 4.69) is 6.07 Å². The Labute approximate surface area is 109 Å². The van der Waals surface area contributed by atoms with Gasteiger partial charge in [-0.05, 0) is 18.2 Å². The molecule has 0 bridgehead atoms. The van der Waals surface area contributed by atoms with Gasteiger partial charge in [0.05, 0.1) is 16.7 Å². The predicted molar refractivity (Wildman–Crippen MR) is 68.0 cm³/mol. The van der Waals surface area contributed by atoms with Crippen LogP contribution in [-0.2, 0) is 9.05 Å². The van der Waals surface area contributed by atoms with Crippen LogP contribution in [0.4, 0.5) is 5.69 Å². The van der Waals surface area contributed by atoms with Gasteiger partial charge in [-0.1, -0.05) is 0 Å². The third-order valence-corrected chi connectivity index (χ3v) is 4.83. The Morgan fingerprint density at radius 2 is 2.29 bits per heavy atom. The molecule has 2 rings (SSSR count). The first-order valence-electron chi connectivity index (χ1n) is 4.86. The maximum atomic E-state index is 11.3. The van der Waals surface area contributed by atoms with Crippen LogP contribution in [0.2, 0.25) is 0 Å². The largest absolute Gasteiger partial charge is 0.356 e. The molecule has 1 aromatic carbocycles. The Morgan fingerprint density at radius 1 is 1.53 bits per heavy atom. The van der Waals surface area contributed by atoms with Crippen molar-refractivity contribution in [2.75, 3.05) is 23.7 Å². The highest BCUT2D eigenvalue weighted by atomic mass is 35.7. The molecule has 0 saturated carbocycles. The Bertz CT molecular complexity index is 580. The second-order valence-electron chi connectivity index (χ2n) is 3.50. The lowest BCUT2D eigenvalue weighted by atomic mass is 10.2. The SMILES string of the molecule is N#CCN1CCSc2ccc(S(=O)(=O)Cl)cc21. The summed E-state index contributed by atoms with van der Waals surface area (Å²) in [5, 5.41) is 8.73. The van der Waals surface area contributed by atoms with Crippen molar-refractivity contribution in [3.63, 3.8) is 0 Å². The van der Waals surface area contributed by atoms with E-state index in [1.165, 1.54) is 12.1 Å². The van der Waals surface area contributed by atoms with Crippen molar-refractivity contribution >= 4 is 37.2 Å². The maximum absolute atomic E-state index is 11.3. The van der Waals surface area contributed by atoms with Gasteiger partial charge in [-0.15, -0.1) is 11.8 Å². The van der Waals surface area contributed by atoms with Gasteiger partial charge in [-0.25, -0.2) is 8.42 Å². The summed E-state index contributed by atoms with van der Waals surface area (Å²) in [5.74, 6) is 0.891. The molecular weight excluding hydrogens is 280 g/mol. The maximum Gasteiger partial charge on any atom is 0.261 e. The van der Waals surface area contributed by atoms with Gasteiger partial charge in [0.15, 0.2) is 0 Å². The number of thioether (sulfide) groups is 1. The van der Waals surface area contributed by atoms with Gasteiger partial charge < -0.3 is 4.90 Å². The van der Waals surface area contributed by atoms with Gasteiger partial charge >= 0.3 is 0 Å². The van der Waals surface area contributed by atoms with Crippen molar-refractivity contribution in [3.05, 3.63) is 18.2 Å². The number of nitrogens with zero attached hydrogens (tertiary/aromatic N) is 2. The average molecular weight is 289 g/mol. The van der Waals surface area contributed by atoms with Gasteiger partial charge in [0.1, 0.15) is 6.54 Å². The lowest BCUT2D eigenvalue weighted by molar-refractivity contribution is 0.609. The van der Waals surface area contributed by atoms with E-state index in [0.717, 1.165) is 22.9 Å². The van der Waals surface area contributed by atoms with Crippen molar-refractivity contribution < 1.29 is 8.42 Å². The fraction of sp³-hybridized carbons (Fsp3) is 0.300. The van der Waals surface area contributed by atoms with E-state index in [1.54, 1.807) is 17.8 Å². The molecule has 17 heavy (non-hydrogen) atoms. The lowest BCUT2D eigenvalue weighted by Gasteiger charge is -2.28. The average Bonchev–Trinajstić information content (AvgIpc) is 2.28. The molecule has 0 aromatic heterocycles. The number of nitriles is 1. The van der Waals surface area contributed by atoms with Crippen molar-refractivity contribution in [2.24, 2.45) is 0 Å². The van der Waals surface area contributed by atoms with E-state index >= 15 is 0 Å². The molecule has 0 N–H and O–H groups in total. The summed E-state index contributed by atoms with van der Waals surface area (Å²) in [6.07, 6.45) is 0. The molecule has 0 unspecified atom stereocenters. The first-order chi connectivity index (χ1) is 8.02. The van der Waals surface area contributed by atoms with Gasteiger partial charge in [-0.2, -0.15) is 5.26 Å². The Hall–Kier alpha value is -0.900. The molecule has 1 aromatic rings. The molecule has 0 saturated heterocycles. The van der Waals surface area contributed by atoms with Crippen molar-refractivity contribution in [1.82, 2.24) is 0 Å². The van der Waals surface area contributed by atoms with E-state index < -0.39 is 9.05 Å². The topological polar surface area (TPSA) is 61.2 Å². The summed E-state index contributed by atoms with van der Waals surface area (Å²) in [5.41, 5.74) is 0.768. The molecule has 0 radical (unpaired) electrons. The number of anilines is 1. The highest BCUT2D eigenvalue weighted by Gasteiger charge is 2.20. The molecule has 7 heteroatoms.